The van der Waals surface area contributed by atoms with Gasteiger partial charge in [-0.05, 0) is 6.07 Å². The number of benzene rings is 1. The highest BCUT2D eigenvalue weighted by Crippen LogP contribution is 2.49. The standard InChI is InChI=1S/C23H27N5O5/c1-23(2,3)19-17-16(14(12-24)20(25)33-21(17)27-26-19)13-6-5-7-15(30-4)18(13)32-22(29)28-8-10-31-11-9-28/h5-7,16H,8-11,25H2,1-4H3,(H,26,27)/t16-/m1/s1. The van der Waals surface area contributed by atoms with Crippen LogP contribution < -0.4 is 19.9 Å². The summed E-state index contributed by atoms with van der Waals surface area (Å²) in [4.78, 5) is 14.5. The molecule has 1 aromatic heterocycles. The van der Waals surface area contributed by atoms with Gasteiger partial charge in [0.25, 0.3) is 0 Å². The number of carbonyl (C=O) groups excluding carboxylic acids is 1. The van der Waals surface area contributed by atoms with Gasteiger partial charge in [0, 0.05) is 29.8 Å². The predicted octanol–water partition coefficient (Wildman–Crippen LogP) is 2.76. The fraction of sp³-hybridized carbons (Fsp3) is 0.435. The van der Waals surface area contributed by atoms with Crippen LogP contribution in [0.25, 0.3) is 0 Å². The van der Waals surface area contributed by atoms with Crippen LogP contribution in [0.15, 0.2) is 29.7 Å². The Labute approximate surface area is 191 Å². The van der Waals surface area contributed by atoms with Crippen molar-refractivity contribution in [3.8, 4) is 23.4 Å². The van der Waals surface area contributed by atoms with Gasteiger partial charge in [0.1, 0.15) is 11.6 Å². The fourth-order valence-corrected chi connectivity index (χ4v) is 4.06. The topological polar surface area (TPSA) is 136 Å². The third-order valence-electron chi connectivity index (χ3n) is 5.69. The number of nitriles is 1. The summed E-state index contributed by atoms with van der Waals surface area (Å²) >= 11 is 0. The Balaban J connectivity index is 1.87. The Morgan fingerprint density at radius 2 is 2.06 bits per heavy atom. The van der Waals surface area contributed by atoms with Crippen molar-refractivity contribution < 1.29 is 23.7 Å². The number of aromatic nitrogens is 2. The van der Waals surface area contributed by atoms with Gasteiger partial charge in [-0.15, -0.1) is 5.10 Å². The van der Waals surface area contributed by atoms with Crippen molar-refractivity contribution in [3.05, 3.63) is 46.5 Å². The number of hydrogen-bond donors (Lipinski definition) is 2. The Bertz CT molecular complexity index is 1140. The highest BCUT2D eigenvalue weighted by Gasteiger charge is 2.40. The molecule has 33 heavy (non-hydrogen) atoms. The highest BCUT2D eigenvalue weighted by atomic mass is 16.6. The van der Waals surface area contributed by atoms with Crippen LogP contribution in [0.2, 0.25) is 0 Å². The molecule has 2 aliphatic rings. The molecule has 1 amide bonds. The number of hydrogen-bond acceptors (Lipinski definition) is 8. The first-order chi connectivity index (χ1) is 15.8. The number of nitrogens with one attached hydrogen (secondary N) is 1. The number of ether oxygens (including phenoxy) is 4. The molecule has 10 nitrogen and oxygen atoms in total. The minimum absolute atomic E-state index is 0.0461. The van der Waals surface area contributed by atoms with E-state index in [0.29, 0.717) is 43.2 Å². The van der Waals surface area contributed by atoms with Crippen LogP contribution >= 0.6 is 0 Å². The van der Waals surface area contributed by atoms with E-state index >= 15 is 0 Å². The number of morpholine rings is 1. The molecular weight excluding hydrogens is 426 g/mol. The maximum atomic E-state index is 13.0. The molecule has 174 valence electrons. The number of allylic oxidation sites excluding steroid dienone is 1. The minimum Gasteiger partial charge on any atom is -0.493 e. The third-order valence-corrected chi connectivity index (χ3v) is 5.69. The van der Waals surface area contributed by atoms with Gasteiger partial charge in [0.2, 0.25) is 11.8 Å². The van der Waals surface area contributed by atoms with E-state index in [0.717, 1.165) is 5.69 Å². The van der Waals surface area contributed by atoms with Crippen molar-refractivity contribution in [2.45, 2.75) is 32.1 Å². The van der Waals surface area contributed by atoms with Crippen molar-refractivity contribution in [1.82, 2.24) is 15.1 Å². The molecule has 3 heterocycles. The maximum absolute atomic E-state index is 13.0. The largest absolute Gasteiger partial charge is 0.493 e. The molecule has 2 aliphatic heterocycles. The molecule has 1 aromatic carbocycles. The summed E-state index contributed by atoms with van der Waals surface area (Å²) < 4.78 is 22.4. The van der Waals surface area contributed by atoms with Crippen LogP contribution in [-0.4, -0.2) is 54.6 Å². The number of fused-ring (bicyclic) bond motifs is 1. The number of H-pyrrole nitrogens is 1. The van der Waals surface area contributed by atoms with Crippen LogP contribution in [0, 0.1) is 11.3 Å². The van der Waals surface area contributed by atoms with Crippen molar-refractivity contribution >= 4 is 6.09 Å². The number of aromatic amines is 1. The quantitative estimate of drug-likeness (QED) is 0.724. The molecule has 0 spiro atoms. The van der Waals surface area contributed by atoms with Crippen molar-refractivity contribution in [2.75, 3.05) is 33.4 Å². The van der Waals surface area contributed by atoms with Crippen molar-refractivity contribution in [2.24, 2.45) is 5.73 Å². The predicted molar refractivity (Wildman–Crippen MR) is 118 cm³/mol. The molecule has 1 atom stereocenters. The number of para-hydroxylation sites is 1. The molecule has 0 aliphatic carbocycles. The first kappa shape index (κ1) is 22.5. The molecule has 0 bridgehead atoms. The average Bonchev–Trinajstić information content (AvgIpc) is 3.23. The van der Waals surface area contributed by atoms with Gasteiger partial charge < -0.3 is 29.6 Å². The number of carbonyl (C=O) groups is 1. The zero-order valence-corrected chi connectivity index (χ0v) is 19.1. The van der Waals surface area contributed by atoms with Gasteiger partial charge in [-0.1, -0.05) is 32.9 Å². The molecule has 3 N–H and O–H groups in total. The number of amides is 1. The number of methoxy groups -OCH3 is 1. The second-order valence-electron chi connectivity index (χ2n) is 8.84. The Hall–Kier alpha value is -3.71. The number of rotatable bonds is 3. The van der Waals surface area contributed by atoms with Crippen LogP contribution in [0.1, 0.15) is 43.5 Å². The van der Waals surface area contributed by atoms with E-state index < -0.39 is 12.0 Å². The maximum Gasteiger partial charge on any atom is 0.415 e. The van der Waals surface area contributed by atoms with Crippen LogP contribution in [0.5, 0.6) is 17.4 Å². The first-order valence-corrected chi connectivity index (χ1v) is 10.6. The molecule has 2 aromatic rings. The fourth-order valence-electron chi connectivity index (χ4n) is 4.06. The van der Waals surface area contributed by atoms with E-state index in [1.54, 1.807) is 23.1 Å². The SMILES string of the molecule is COc1cccc([C@@H]2C(C#N)=C(N)Oc3n[nH]c(C(C)(C)C)c32)c1OC(=O)N1CCOCC1. The molecule has 10 heteroatoms. The summed E-state index contributed by atoms with van der Waals surface area (Å²) in [6.07, 6.45) is -0.518. The second-order valence-corrected chi connectivity index (χ2v) is 8.84. The number of nitrogens with zero attached hydrogens (tertiary/aromatic N) is 3. The molecule has 1 fully saturated rings. The van der Waals surface area contributed by atoms with Gasteiger partial charge in [-0.3, -0.25) is 5.10 Å². The summed E-state index contributed by atoms with van der Waals surface area (Å²) in [6, 6.07) is 7.43. The summed E-state index contributed by atoms with van der Waals surface area (Å²) in [5, 5.41) is 17.3. The normalized spacial score (nSPS) is 18.3. The van der Waals surface area contributed by atoms with E-state index in [1.807, 2.05) is 20.8 Å². The van der Waals surface area contributed by atoms with Crippen LogP contribution in [-0.2, 0) is 10.2 Å². The molecular formula is C23H27N5O5. The Kier molecular flexibility index (Phi) is 5.91. The molecule has 0 radical (unpaired) electrons. The van der Waals surface area contributed by atoms with Crippen LogP contribution in [0.4, 0.5) is 4.79 Å². The second kappa shape index (κ2) is 8.67. The summed E-state index contributed by atoms with van der Waals surface area (Å²) in [5.41, 5.74) is 7.98. The van der Waals surface area contributed by atoms with E-state index in [4.69, 9.17) is 24.7 Å². The molecule has 1 saturated heterocycles. The average molecular weight is 453 g/mol. The van der Waals surface area contributed by atoms with Gasteiger partial charge in [-0.2, -0.15) is 5.26 Å². The first-order valence-electron chi connectivity index (χ1n) is 10.6. The summed E-state index contributed by atoms with van der Waals surface area (Å²) in [6.45, 7) is 7.81. The Morgan fingerprint density at radius 1 is 1.33 bits per heavy atom. The zero-order chi connectivity index (χ0) is 23.8. The third kappa shape index (κ3) is 4.07. The lowest BCUT2D eigenvalue weighted by molar-refractivity contribution is 0.0412. The Morgan fingerprint density at radius 3 is 2.70 bits per heavy atom. The van der Waals surface area contributed by atoms with E-state index in [2.05, 4.69) is 16.3 Å². The smallest absolute Gasteiger partial charge is 0.415 e. The van der Waals surface area contributed by atoms with Crippen molar-refractivity contribution in [1.29, 1.82) is 5.26 Å². The van der Waals surface area contributed by atoms with Gasteiger partial charge in [0.05, 0.1) is 31.8 Å². The van der Waals surface area contributed by atoms with Crippen LogP contribution in [0.3, 0.4) is 0 Å². The van der Waals surface area contributed by atoms with E-state index in [1.165, 1.54) is 7.11 Å². The van der Waals surface area contributed by atoms with Gasteiger partial charge in [0.15, 0.2) is 11.5 Å². The van der Waals surface area contributed by atoms with Gasteiger partial charge >= 0.3 is 6.09 Å². The lowest BCUT2D eigenvalue weighted by Crippen LogP contribution is -2.42. The lowest BCUT2D eigenvalue weighted by atomic mass is 9.78. The van der Waals surface area contributed by atoms with Gasteiger partial charge in [-0.25, -0.2) is 4.79 Å². The lowest BCUT2D eigenvalue weighted by Gasteiger charge is -2.30. The molecule has 0 saturated carbocycles. The van der Waals surface area contributed by atoms with E-state index in [-0.39, 0.29) is 28.5 Å². The minimum atomic E-state index is -0.672. The highest BCUT2D eigenvalue weighted by molar-refractivity contribution is 5.74. The summed E-state index contributed by atoms with van der Waals surface area (Å²) in [5.74, 6) is 0.147. The number of nitrogens with two attached hydrogens (primary N) is 1. The molecule has 0 unspecified atom stereocenters. The molecule has 4 rings (SSSR count). The van der Waals surface area contributed by atoms with Crippen molar-refractivity contribution in [3.63, 3.8) is 0 Å². The summed E-state index contributed by atoms with van der Waals surface area (Å²) in [7, 11) is 1.49. The van der Waals surface area contributed by atoms with E-state index in [9.17, 15) is 10.1 Å². The monoisotopic (exact) mass is 453 g/mol. The zero-order valence-electron chi connectivity index (χ0n) is 19.1.